The number of hydrogen-bond donors (Lipinski definition) is 1. The molecule has 0 bridgehead atoms. The van der Waals surface area contributed by atoms with Crippen molar-refractivity contribution in [3.63, 3.8) is 0 Å². The van der Waals surface area contributed by atoms with Gasteiger partial charge in [-0.05, 0) is 80.2 Å². The Morgan fingerprint density at radius 2 is 1.54 bits per heavy atom. The molecule has 1 N–H and O–H groups in total. The minimum atomic E-state index is -1.57. The maximum atomic E-state index is 14.7. The zero-order valence-corrected chi connectivity index (χ0v) is 20.4. The summed E-state index contributed by atoms with van der Waals surface area (Å²) in [6, 6.07) is 6.19. The molecule has 0 aromatic heterocycles. The zero-order chi connectivity index (χ0) is 25.2. The van der Waals surface area contributed by atoms with E-state index in [4.69, 9.17) is 9.47 Å². The summed E-state index contributed by atoms with van der Waals surface area (Å²) in [5.41, 5.74) is 0.734. The highest BCUT2D eigenvalue weighted by atomic mass is 19.2. The van der Waals surface area contributed by atoms with Crippen LogP contribution in [-0.2, 0) is 15.9 Å². The molecular formula is C28H34F4O3. The van der Waals surface area contributed by atoms with E-state index in [0.717, 1.165) is 62.6 Å². The molecule has 0 atom stereocenters. The highest BCUT2D eigenvalue weighted by molar-refractivity contribution is 5.64. The zero-order valence-electron chi connectivity index (χ0n) is 20.4. The number of hydrogen-bond acceptors (Lipinski definition) is 3. The van der Waals surface area contributed by atoms with E-state index in [1.54, 1.807) is 6.07 Å². The number of aryl methyl sites for hydroxylation is 1. The Morgan fingerprint density at radius 3 is 2.11 bits per heavy atom. The second-order valence-electron chi connectivity index (χ2n) is 10.6. The molecule has 2 aromatic rings. The van der Waals surface area contributed by atoms with E-state index in [1.807, 2.05) is 0 Å². The Morgan fingerprint density at radius 1 is 0.914 bits per heavy atom. The van der Waals surface area contributed by atoms with Crippen LogP contribution in [0, 0.1) is 40.5 Å². The molecule has 192 valence electrons. The molecule has 2 aliphatic rings. The molecule has 0 amide bonds. The van der Waals surface area contributed by atoms with Crippen molar-refractivity contribution >= 4 is 0 Å². The van der Waals surface area contributed by atoms with Gasteiger partial charge in [0, 0.05) is 16.9 Å². The van der Waals surface area contributed by atoms with Crippen molar-refractivity contribution in [1.82, 2.24) is 0 Å². The Hall–Kier alpha value is -1.96. The fraction of sp³-hybridized carbons (Fsp3) is 0.571. The molecule has 35 heavy (non-hydrogen) atoms. The van der Waals surface area contributed by atoms with E-state index in [9.17, 15) is 22.7 Å². The smallest absolute Gasteiger partial charge is 0.283 e. The van der Waals surface area contributed by atoms with Gasteiger partial charge < -0.3 is 14.6 Å². The van der Waals surface area contributed by atoms with Gasteiger partial charge in [0.15, 0.2) is 17.5 Å². The van der Waals surface area contributed by atoms with Crippen LogP contribution in [0.2, 0.25) is 0 Å². The van der Waals surface area contributed by atoms with Gasteiger partial charge in [0.2, 0.25) is 0 Å². The maximum absolute atomic E-state index is 14.7. The van der Waals surface area contributed by atoms with E-state index in [1.165, 1.54) is 12.1 Å². The third-order valence-corrected chi connectivity index (χ3v) is 7.64. The lowest BCUT2D eigenvalue weighted by Crippen LogP contribution is -2.53. The standard InChI is InChI=1S/C28H34F4O3/c1-3-12-27(2)16-34-28(33,35-17-27)21-9-6-18(7-10-21)4-5-19-8-11-22(23(29)13-19)20-14-24(30)26(32)25(31)15-20/h8,11,13-15,18,21,33H,3-7,9-10,12,16-17H2,1-2H3. The van der Waals surface area contributed by atoms with Crippen LogP contribution < -0.4 is 0 Å². The molecule has 0 spiro atoms. The van der Waals surface area contributed by atoms with Crippen LogP contribution in [0.25, 0.3) is 11.1 Å². The second-order valence-corrected chi connectivity index (χ2v) is 10.6. The average Bonchev–Trinajstić information content (AvgIpc) is 2.84. The van der Waals surface area contributed by atoms with Crippen molar-refractivity contribution in [2.45, 2.75) is 71.2 Å². The molecule has 3 nitrogen and oxygen atoms in total. The largest absolute Gasteiger partial charge is 0.343 e. The number of aliphatic hydroxyl groups is 1. The summed E-state index contributed by atoms with van der Waals surface area (Å²) in [6.45, 7) is 5.24. The Bertz CT molecular complexity index is 1000. The predicted molar refractivity (Wildman–Crippen MR) is 125 cm³/mol. The molecule has 0 radical (unpaired) electrons. The van der Waals surface area contributed by atoms with Gasteiger partial charge in [-0.2, -0.15) is 0 Å². The van der Waals surface area contributed by atoms with Gasteiger partial charge in [0.1, 0.15) is 5.82 Å². The van der Waals surface area contributed by atoms with Crippen LogP contribution in [0.4, 0.5) is 17.6 Å². The monoisotopic (exact) mass is 494 g/mol. The summed E-state index contributed by atoms with van der Waals surface area (Å²) in [7, 11) is 0. The molecule has 1 heterocycles. The molecular weight excluding hydrogens is 460 g/mol. The lowest BCUT2D eigenvalue weighted by Gasteiger charge is -2.46. The topological polar surface area (TPSA) is 38.7 Å². The first kappa shape index (κ1) is 26.1. The second kappa shape index (κ2) is 10.6. The lowest BCUT2D eigenvalue weighted by atomic mass is 9.78. The molecule has 4 rings (SSSR count). The maximum Gasteiger partial charge on any atom is 0.283 e. The molecule has 7 heteroatoms. The number of benzene rings is 2. The van der Waals surface area contributed by atoms with Crippen molar-refractivity contribution in [3.8, 4) is 11.1 Å². The first-order valence-electron chi connectivity index (χ1n) is 12.6. The van der Waals surface area contributed by atoms with Gasteiger partial charge >= 0.3 is 0 Å². The normalized spacial score (nSPS) is 29.3. The minimum absolute atomic E-state index is 0.0304. The van der Waals surface area contributed by atoms with Crippen LogP contribution in [0.5, 0.6) is 0 Å². The molecule has 1 aliphatic heterocycles. The summed E-state index contributed by atoms with van der Waals surface area (Å²) in [5, 5.41) is 10.9. The third-order valence-electron chi connectivity index (χ3n) is 7.64. The first-order chi connectivity index (χ1) is 16.6. The van der Waals surface area contributed by atoms with E-state index in [-0.39, 0.29) is 22.5 Å². The molecule has 1 aliphatic carbocycles. The third kappa shape index (κ3) is 5.89. The van der Waals surface area contributed by atoms with E-state index < -0.39 is 29.2 Å². The Kier molecular flexibility index (Phi) is 7.89. The molecule has 0 unspecified atom stereocenters. The minimum Gasteiger partial charge on any atom is -0.343 e. The Labute approximate surface area is 204 Å². The SMILES string of the molecule is CCCC1(C)COC(O)(C2CCC(CCc3ccc(-c4cc(F)c(F)c(F)c4)c(F)c3)CC2)OC1. The number of halogens is 4. The fourth-order valence-electron chi connectivity index (χ4n) is 5.47. The summed E-state index contributed by atoms with van der Waals surface area (Å²) in [6.07, 6.45) is 7.06. The van der Waals surface area contributed by atoms with Crippen LogP contribution in [0.3, 0.4) is 0 Å². The van der Waals surface area contributed by atoms with Crippen LogP contribution in [-0.4, -0.2) is 24.3 Å². The van der Waals surface area contributed by atoms with Gasteiger partial charge in [0.05, 0.1) is 13.2 Å². The van der Waals surface area contributed by atoms with Crippen LogP contribution >= 0.6 is 0 Å². The fourth-order valence-corrected chi connectivity index (χ4v) is 5.47. The molecule has 2 fully saturated rings. The van der Waals surface area contributed by atoms with Crippen molar-refractivity contribution in [2.24, 2.45) is 17.3 Å². The number of ether oxygens (including phenoxy) is 2. The highest BCUT2D eigenvalue weighted by Gasteiger charge is 2.47. The van der Waals surface area contributed by atoms with E-state index in [2.05, 4.69) is 13.8 Å². The van der Waals surface area contributed by atoms with Gasteiger partial charge in [-0.15, -0.1) is 0 Å². The number of rotatable bonds is 7. The predicted octanol–water partition coefficient (Wildman–Crippen LogP) is 7.15. The molecule has 2 aromatic carbocycles. The van der Waals surface area contributed by atoms with Crippen molar-refractivity contribution in [2.75, 3.05) is 13.2 Å². The van der Waals surface area contributed by atoms with Crippen molar-refractivity contribution in [3.05, 3.63) is 59.2 Å². The van der Waals surface area contributed by atoms with Crippen molar-refractivity contribution in [1.29, 1.82) is 0 Å². The molecule has 1 saturated heterocycles. The van der Waals surface area contributed by atoms with Gasteiger partial charge in [-0.25, -0.2) is 17.6 Å². The first-order valence-corrected chi connectivity index (χ1v) is 12.6. The van der Waals surface area contributed by atoms with E-state index >= 15 is 0 Å². The summed E-state index contributed by atoms with van der Waals surface area (Å²) < 4.78 is 66.6. The highest BCUT2D eigenvalue weighted by Crippen LogP contribution is 2.43. The van der Waals surface area contributed by atoms with Crippen molar-refractivity contribution < 1.29 is 32.1 Å². The van der Waals surface area contributed by atoms with Gasteiger partial charge in [-0.1, -0.05) is 32.4 Å². The Balaban J connectivity index is 1.29. The summed E-state index contributed by atoms with van der Waals surface area (Å²) in [5.74, 6) is -5.96. The quantitative estimate of drug-likeness (QED) is 0.328. The van der Waals surface area contributed by atoms with Crippen LogP contribution in [0.1, 0.15) is 64.4 Å². The summed E-state index contributed by atoms with van der Waals surface area (Å²) in [4.78, 5) is 0. The molecule has 1 saturated carbocycles. The van der Waals surface area contributed by atoms with E-state index in [0.29, 0.717) is 25.6 Å². The van der Waals surface area contributed by atoms with Gasteiger partial charge in [0.25, 0.3) is 5.97 Å². The summed E-state index contributed by atoms with van der Waals surface area (Å²) >= 11 is 0. The van der Waals surface area contributed by atoms with Gasteiger partial charge in [-0.3, -0.25) is 0 Å². The van der Waals surface area contributed by atoms with Crippen LogP contribution in [0.15, 0.2) is 30.3 Å². The lowest BCUT2D eigenvalue weighted by molar-refractivity contribution is -0.427. The average molecular weight is 495 g/mol.